The second-order valence-corrected chi connectivity index (χ2v) is 5.36. The minimum Gasteiger partial charge on any atom is -0.348 e. The number of carbonyl (C=O) groups excluding carboxylic acids is 1. The van der Waals surface area contributed by atoms with Crippen molar-refractivity contribution < 1.29 is 4.79 Å². The van der Waals surface area contributed by atoms with Crippen molar-refractivity contribution in [2.45, 2.75) is 44.5 Å². The molecule has 0 fully saturated rings. The Morgan fingerprint density at radius 3 is 2.29 bits per heavy atom. The molecule has 1 rings (SSSR count). The highest BCUT2D eigenvalue weighted by atomic mass is 79.9. The first-order valence-corrected chi connectivity index (χ1v) is 7.01. The molecule has 2 unspecified atom stereocenters. The van der Waals surface area contributed by atoms with Crippen molar-refractivity contribution in [3.63, 3.8) is 0 Å². The van der Waals surface area contributed by atoms with Crippen molar-refractivity contribution in [1.29, 1.82) is 0 Å². The van der Waals surface area contributed by atoms with Crippen LogP contribution in [0.5, 0.6) is 0 Å². The Hall–Kier alpha value is -0.830. The molecule has 1 N–H and O–H groups in total. The summed E-state index contributed by atoms with van der Waals surface area (Å²) in [5.41, 5.74) is 2.41. The number of nitrogens with one attached hydrogen (secondary N) is 1. The van der Waals surface area contributed by atoms with Crippen LogP contribution in [0.3, 0.4) is 0 Å². The minimum atomic E-state index is -0.0954. The number of amides is 1. The first-order valence-electron chi connectivity index (χ1n) is 6.09. The van der Waals surface area contributed by atoms with E-state index in [1.807, 2.05) is 6.92 Å². The number of alkyl halides is 1. The van der Waals surface area contributed by atoms with Crippen LogP contribution >= 0.6 is 15.9 Å². The molecule has 0 bridgehead atoms. The molecular weight excluding hydrogens is 278 g/mol. The number of hydrogen-bond donors (Lipinski definition) is 1. The molecule has 2 nitrogen and oxygen atoms in total. The van der Waals surface area contributed by atoms with Gasteiger partial charge in [0.15, 0.2) is 0 Å². The van der Waals surface area contributed by atoms with Gasteiger partial charge in [-0.05, 0) is 25.3 Å². The van der Waals surface area contributed by atoms with Crippen LogP contribution in [0.1, 0.15) is 43.9 Å². The summed E-state index contributed by atoms with van der Waals surface area (Å²) in [4.78, 5) is 11.7. The molecule has 3 heteroatoms. The van der Waals surface area contributed by atoms with Gasteiger partial charge in [-0.15, -0.1) is 0 Å². The monoisotopic (exact) mass is 297 g/mol. The van der Waals surface area contributed by atoms with Crippen molar-refractivity contribution >= 4 is 21.8 Å². The second kappa shape index (κ2) is 6.80. The molecule has 1 amide bonds. The van der Waals surface area contributed by atoms with Gasteiger partial charge in [-0.25, -0.2) is 0 Å². The van der Waals surface area contributed by atoms with Crippen LogP contribution in [0, 0.1) is 6.92 Å². The summed E-state index contributed by atoms with van der Waals surface area (Å²) in [6.45, 7) is 6.14. The Balaban J connectivity index is 2.72. The second-order valence-electron chi connectivity index (χ2n) is 4.26. The number of aryl methyl sites for hydroxylation is 1. The number of carbonyl (C=O) groups is 1. The fourth-order valence-corrected chi connectivity index (χ4v) is 1.80. The Morgan fingerprint density at radius 2 is 1.82 bits per heavy atom. The standard InChI is InChI=1S/C14H20BrNO/c1-4-12(15)14(17)16-13(5-2)11-8-6-10(3)7-9-11/h6-9,12-13H,4-5H2,1-3H3,(H,16,17). The quantitative estimate of drug-likeness (QED) is 0.824. The van der Waals surface area contributed by atoms with E-state index in [1.54, 1.807) is 0 Å². The number of hydrogen-bond acceptors (Lipinski definition) is 1. The lowest BCUT2D eigenvalue weighted by Gasteiger charge is -2.19. The molecule has 0 saturated carbocycles. The van der Waals surface area contributed by atoms with Crippen molar-refractivity contribution in [3.05, 3.63) is 35.4 Å². The Bertz CT molecular complexity index is 361. The zero-order chi connectivity index (χ0) is 12.8. The highest BCUT2D eigenvalue weighted by Gasteiger charge is 2.17. The third-order valence-corrected chi connectivity index (χ3v) is 3.91. The van der Waals surface area contributed by atoms with Crippen molar-refractivity contribution in [3.8, 4) is 0 Å². The van der Waals surface area contributed by atoms with Crippen LogP contribution in [-0.4, -0.2) is 10.7 Å². The lowest BCUT2D eigenvalue weighted by Crippen LogP contribution is -2.33. The molecular formula is C14H20BrNO. The fourth-order valence-electron chi connectivity index (χ4n) is 1.67. The maximum Gasteiger partial charge on any atom is 0.234 e. The Morgan fingerprint density at radius 1 is 1.24 bits per heavy atom. The maximum absolute atomic E-state index is 11.8. The van der Waals surface area contributed by atoms with E-state index < -0.39 is 0 Å². The average molecular weight is 298 g/mol. The zero-order valence-electron chi connectivity index (χ0n) is 10.7. The van der Waals surface area contributed by atoms with Gasteiger partial charge < -0.3 is 5.32 Å². The van der Waals surface area contributed by atoms with Gasteiger partial charge in [-0.2, -0.15) is 0 Å². The van der Waals surface area contributed by atoms with E-state index in [-0.39, 0.29) is 16.8 Å². The van der Waals surface area contributed by atoms with E-state index in [1.165, 1.54) is 11.1 Å². The molecule has 17 heavy (non-hydrogen) atoms. The van der Waals surface area contributed by atoms with E-state index in [0.717, 1.165) is 12.8 Å². The first kappa shape index (κ1) is 14.2. The highest BCUT2D eigenvalue weighted by Crippen LogP contribution is 2.18. The normalized spacial score (nSPS) is 14.1. The third-order valence-electron chi connectivity index (χ3n) is 2.85. The van der Waals surface area contributed by atoms with E-state index in [2.05, 4.69) is 59.4 Å². The fraction of sp³-hybridized carbons (Fsp3) is 0.500. The lowest BCUT2D eigenvalue weighted by atomic mass is 10.0. The zero-order valence-corrected chi connectivity index (χ0v) is 12.3. The van der Waals surface area contributed by atoms with Gasteiger partial charge in [-0.3, -0.25) is 4.79 Å². The van der Waals surface area contributed by atoms with Gasteiger partial charge in [0, 0.05) is 0 Å². The SMILES string of the molecule is CCC(Br)C(=O)NC(CC)c1ccc(C)cc1. The molecule has 0 aromatic heterocycles. The van der Waals surface area contributed by atoms with E-state index in [0.29, 0.717) is 0 Å². The molecule has 0 radical (unpaired) electrons. The molecule has 1 aromatic carbocycles. The highest BCUT2D eigenvalue weighted by molar-refractivity contribution is 9.10. The lowest BCUT2D eigenvalue weighted by molar-refractivity contribution is -0.121. The summed E-state index contributed by atoms with van der Waals surface area (Å²) >= 11 is 3.37. The van der Waals surface area contributed by atoms with Crippen molar-refractivity contribution in [2.75, 3.05) is 0 Å². The van der Waals surface area contributed by atoms with E-state index in [9.17, 15) is 4.79 Å². The molecule has 0 aliphatic heterocycles. The molecule has 0 heterocycles. The molecule has 0 saturated heterocycles. The maximum atomic E-state index is 11.8. The molecule has 94 valence electrons. The topological polar surface area (TPSA) is 29.1 Å². The Kier molecular flexibility index (Phi) is 5.69. The van der Waals surface area contributed by atoms with Gasteiger partial charge in [0.2, 0.25) is 5.91 Å². The molecule has 0 spiro atoms. The Labute approximate surface area is 112 Å². The van der Waals surface area contributed by atoms with Crippen LogP contribution in [0.15, 0.2) is 24.3 Å². The molecule has 2 atom stereocenters. The number of benzene rings is 1. The largest absolute Gasteiger partial charge is 0.348 e. The van der Waals surface area contributed by atoms with E-state index >= 15 is 0 Å². The van der Waals surface area contributed by atoms with Crippen LogP contribution < -0.4 is 5.32 Å². The smallest absolute Gasteiger partial charge is 0.234 e. The first-order chi connectivity index (χ1) is 8.08. The third kappa shape index (κ3) is 4.15. The summed E-state index contributed by atoms with van der Waals surface area (Å²) in [6, 6.07) is 8.43. The van der Waals surface area contributed by atoms with Crippen molar-refractivity contribution in [2.24, 2.45) is 0 Å². The summed E-state index contributed by atoms with van der Waals surface area (Å²) in [7, 11) is 0. The summed E-state index contributed by atoms with van der Waals surface area (Å²) in [5, 5.41) is 3.07. The minimum absolute atomic E-state index is 0.0694. The predicted octanol–water partition coefficient (Wildman–Crippen LogP) is 3.74. The van der Waals surface area contributed by atoms with E-state index in [4.69, 9.17) is 0 Å². The van der Waals surface area contributed by atoms with Gasteiger partial charge >= 0.3 is 0 Å². The molecule has 0 aliphatic carbocycles. The van der Waals surface area contributed by atoms with Crippen LogP contribution in [0.2, 0.25) is 0 Å². The van der Waals surface area contributed by atoms with Gasteiger partial charge in [0.1, 0.15) is 0 Å². The summed E-state index contributed by atoms with van der Waals surface area (Å²) in [5.74, 6) is 0.0694. The summed E-state index contributed by atoms with van der Waals surface area (Å²) < 4.78 is 0. The van der Waals surface area contributed by atoms with Gasteiger partial charge in [0.25, 0.3) is 0 Å². The summed E-state index contributed by atoms with van der Waals surface area (Å²) in [6.07, 6.45) is 1.70. The number of halogens is 1. The van der Waals surface area contributed by atoms with Gasteiger partial charge in [-0.1, -0.05) is 59.6 Å². The van der Waals surface area contributed by atoms with Crippen molar-refractivity contribution in [1.82, 2.24) is 5.32 Å². The number of rotatable bonds is 5. The van der Waals surface area contributed by atoms with Gasteiger partial charge in [0.05, 0.1) is 10.9 Å². The van der Waals surface area contributed by atoms with Crippen LogP contribution in [0.4, 0.5) is 0 Å². The molecule has 0 aliphatic rings. The predicted molar refractivity (Wildman–Crippen MR) is 75.4 cm³/mol. The molecule has 1 aromatic rings. The van der Waals surface area contributed by atoms with Crippen LogP contribution in [0.25, 0.3) is 0 Å². The average Bonchev–Trinajstić information content (AvgIpc) is 2.35. The van der Waals surface area contributed by atoms with Crippen LogP contribution in [-0.2, 0) is 4.79 Å².